The van der Waals surface area contributed by atoms with Crippen LogP contribution >= 0.6 is 0 Å². The molecule has 0 aromatic heterocycles. The van der Waals surface area contributed by atoms with Gasteiger partial charge in [0.2, 0.25) is 5.91 Å². The van der Waals surface area contributed by atoms with E-state index in [-0.39, 0.29) is 17.9 Å². The van der Waals surface area contributed by atoms with Gasteiger partial charge < -0.3 is 15.5 Å². The van der Waals surface area contributed by atoms with Crippen LogP contribution in [0.15, 0.2) is 18.2 Å². The van der Waals surface area contributed by atoms with Gasteiger partial charge in [0.1, 0.15) is 0 Å². The van der Waals surface area contributed by atoms with Crippen molar-refractivity contribution in [2.24, 2.45) is 5.92 Å². The second-order valence-corrected chi connectivity index (χ2v) is 7.05. The molecular formula is C19H27N3O2. The molecule has 5 nitrogen and oxygen atoms in total. The second kappa shape index (κ2) is 7.34. The molecule has 0 spiro atoms. The van der Waals surface area contributed by atoms with Gasteiger partial charge in [0.25, 0.3) is 5.91 Å². The molecule has 24 heavy (non-hydrogen) atoms. The summed E-state index contributed by atoms with van der Waals surface area (Å²) in [6, 6.07) is 5.72. The van der Waals surface area contributed by atoms with Gasteiger partial charge in [0.15, 0.2) is 0 Å². The molecule has 0 unspecified atom stereocenters. The molecule has 2 aliphatic rings. The number of likely N-dealkylation sites (tertiary alicyclic amines) is 1. The Hall–Kier alpha value is -1.88. The van der Waals surface area contributed by atoms with E-state index < -0.39 is 0 Å². The van der Waals surface area contributed by atoms with Crippen molar-refractivity contribution in [3.05, 3.63) is 34.9 Å². The van der Waals surface area contributed by atoms with Crippen LogP contribution in [0, 0.1) is 19.8 Å². The Morgan fingerprint density at radius 3 is 2.75 bits per heavy atom. The lowest BCUT2D eigenvalue weighted by atomic mass is 10.0. The Balaban J connectivity index is 1.50. The average Bonchev–Trinajstić information content (AvgIpc) is 3.26. The molecule has 2 saturated heterocycles. The van der Waals surface area contributed by atoms with Crippen LogP contribution in [0.2, 0.25) is 0 Å². The van der Waals surface area contributed by atoms with Crippen molar-refractivity contribution in [3.63, 3.8) is 0 Å². The first-order valence-corrected chi connectivity index (χ1v) is 8.93. The van der Waals surface area contributed by atoms with Crippen molar-refractivity contribution in [1.29, 1.82) is 0 Å². The third-order valence-electron chi connectivity index (χ3n) is 5.34. The molecule has 0 radical (unpaired) electrons. The summed E-state index contributed by atoms with van der Waals surface area (Å²) in [5.41, 5.74) is 2.90. The molecule has 5 heteroatoms. The lowest BCUT2D eigenvalue weighted by Crippen LogP contribution is -2.42. The Kier molecular flexibility index (Phi) is 5.19. The second-order valence-electron chi connectivity index (χ2n) is 7.05. The number of hydrogen-bond acceptors (Lipinski definition) is 3. The summed E-state index contributed by atoms with van der Waals surface area (Å²) < 4.78 is 0. The van der Waals surface area contributed by atoms with Gasteiger partial charge in [-0.1, -0.05) is 12.1 Å². The summed E-state index contributed by atoms with van der Waals surface area (Å²) in [4.78, 5) is 26.8. The quantitative estimate of drug-likeness (QED) is 0.883. The fourth-order valence-corrected chi connectivity index (χ4v) is 3.64. The predicted octanol–water partition coefficient (Wildman–Crippen LogP) is 1.63. The van der Waals surface area contributed by atoms with Crippen molar-refractivity contribution in [2.75, 3.05) is 26.2 Å². The highest BCUT2D eigenvalue weighted by molar-refractivity contribution is 5.95. The van der Waals surface area contributed by atoms with Crippen LogP contribution in [0.3, 0.4) is 0 Å². The van der Waals surface area contributed by atoms with E-state index in [1.54, 1.807) is 0 Å². The summed E-state index contributed by atoms with van der Waals surface area (Å²) in [5.74, 6) is 0.525. The number of carbonyl (C=O) groups excluding carboxylic acids is 2. The normalized spacial score (nSPS) is 23.5. The van der Waals surface area contributed by atoms with Crippen molar-refractivity contribution < 1.29 is 9.59 Å². The molecule has 1 aromatic rings. The first-order chi connectivity index (χ1) is 11.6. The van der Waals surface area contributed by atoms with E-state index in [1.807, 2.05) is 36.9 Å². The van der Waals surface area contributed by atoms with Crippen LogP contribution in [0.4, 0.5) is 0 Å². The summed E-state index contributed by atoms with van der Waals surface area (Å²) >= 11 is 0. The summed E-state index contributed by atoms with van der Waals surface area (Å²) in [6.07, 6.45) is 3.05. The van der Waals surface area contributed by atoms with Gasteiger partial charge in [0, 0.05) is 31.7 Å². The first kappa shape index (κ1) is 17.0. The van der Waals surface area contributed by atoms with Crippen LogP contribution in [-0.2, 0) is 4.79 Å². The highest BCUT2D eigenvalue weighted by atomic mass is 16.2. The molecule has 3 rings (SSSR count). The minimum atomic E-state index is -0.0780. The Morgan fingerprint density at radius 2 is 2.00 bits per heavy atom. The lowest BCUT2D eigenvalue weighted by molar-refractivity contribution is -0.132. The van der Waals surface area contributed by atoms with Crippen LogP contribution in [0.25, 0.3) is 0 Å². The SMILES string of the molecule is Cc1cccc(C(=O)NC[C@@H]2CN[C@H](C(=O)N3CCCC3)C2)c1C. The Labute approximate surface area is 143 Å². The topological polar surface area (TPSA) is 61.4 Å². The van der Waals surface area contributed by atoms with Crippen LogP contribution in [0.5, 0.6) is 0 Å². The third-order valence-corrected chi connectivity index (χ3v) is 5.34. The zero-order chi connectivity index (χ0) is 17.1. The molecule has 2 aliphatic heterocycles. The van der Waals surface area contributed by atoms with Gasteiger partial charge in [-0.3, -0.25) is 9.59 Å². The largest absolute Gasteiger partial charge is 0.352 e. The zero-order valence-electron chi connectivity index (χ0n) is 14.6. The number of carbonyl (C=O) groups is 2. The van der Waals surface area contributed by atoms with E-state index >= 15 is 0 Å². The van der Waals surface area contributed by atoms with Gasteiger partial charge >= 0.3 is 0 Å². The number of hydrogen-bond donors (Lipinski definition) is 2. The molecule has 0 aliphatic carbocycles. The van der Waals surface area contributed by atoms with E-state index in [0.29, 0.717) is 12.5 Å². The van der Waals surface area contributed by atoms with Gasteiger partial charge in [0.05, 0.1) is 6.04 Å². The fraction of sp³-hybridized carbons (Fsp3) is 0.579. The van der Waals surface area contributed by atoms with Gasteiger partial charge in [-0.05, 0) is 56.2 Å². The molecule has 2 N–H and O–H groups in total. The molecule has 2 heterocycles. The number of nitrogens with one attached hydrogen (secondary N) is 2. The Bertz CT molecular complexity index is 623. The first-order valence-electron chi connectivity index (χ1n) is 8.93. The van der Waals surface area contributed by atoms with Gasteiger partial charge in [-0.2, -0.15) is 0 Å². The standard InChI is InChI=1S/C19H27N3O2/c1-13-6-5-7-16(14(13)2)18(23)21-12-15-10-17(20-11-15)19(24)22-8-3-4-9-22/h5-7,15,17,20H,3-4,8-12H2,1-2H3,(H,21,23)/t15-,17-/m0/s1. The van der Waals surface area contributed by atoms with E-state index in [2.05, 4.69) is 10.6 Å². The summed E-state index contributed by atoms with van der Waals surface area (Å²) in [7, 11) is 0. The minimum Gasteiger partial charge on any atom is -0.352 e. The van der Waals surface area contributed by atoms with E-state index in [0.717, 1.165) is 55.6 Å². The maximum absolute atomic E-state index is 12.4. The number of amides is 2. The van der Waals surface area contributed by atoms with E-state index in [1.165, 1.54) is 0 Å². The highest BCUT2D eigenvalue weighted by Gasteiger charge is 2.33. The summed E-state index contributed by atoms with van der Waals surface area (Å²) in [5, 5.41) is 6.36. The van der Waals surface area contributed by atoms with Crippen molar-refractivity contribution in [2.45, 2.75) is 39.2 Å². The van der Waals surface area contributed by atoms with Crippen molar-refractivity contribution in [3.8, 4) is 0 Å². The van der Waals surface area contributed by atoms with Crippen LogP contribution in [0.1, 0.15) is 40.7 Å². The van der Waals surface area contributed by atoms with Crippen LogP contribution < -0.4 is 10.6 Å². The van der Waals surface area contributed by atoms with Gasteiger partial charge in [-0.15, -0.1) is 0 Å². The molecule has 2 fully saturated rings. The maximum Gasteiger partial charge on any atom is 0.251 e. The van der Waals surface area contributed by atoms with Crippen molar-refractivity contribution >= 4 is 11.8 Å². The fourth-order valence-electron chi connectivity index (χ4n) is 3.64. The molecule has 2 amide bonds. The minimum absolute atomic E-state index is 0.0227. The predicted molar refractivity (Wildman–Crippen MR) is 94.0 cm³/mol. The zero-order valence-corrected chi connectivity index (χ0v) is 14.6. The highest BCUT2D eigenvalue weighted by Crippen LogP contribution is 2.18. The van der Waals surface area contributed by atoms with E-state index in [9.17, 15) is 9.59 Å². The number of aryl methyl sites for hydroxylation is 1. The molecule has 0 saturated carbocycles. The van der Waals surface area contributed by atoms with E-state index in [4.69, 9.17) is 0 Å². The maximum atomic E-state index is 12.4. The van der Waals surface area contributed by atoms with Crippen LogP contribution in [-0.4, -0.2) is 48.9 Å². The molecule has 0 bridgehead atoms. The Morgan fingerprint density at radius 1 is 1.25 bits per heavy atom. The number of benzene rings is 1. The summed E-state index contributed by atoms with van der Waals surface area (Å²) in [6.45, 7) is 7.18. The number of nitrogens with zero attached hydrogens (tertiary/aromatic N) is 1. The molecular weight excluding hydrogens is 302 g/mol. The van der Waals surface area contributed by atoms with Gasteiger partial charge in [-0.25, -0.2) is 0 Å². The molecule has 1 aromatic carbocycles. The lowest BCUT2D eigenvalue weighted by Gasteiger charge is -2.20. The number of rotatable bonds is 4. The van der Waals surface area contributed by atoms with Crippen molar-refractivity contribution in [1.82, 2.24) is 15.5 Å². The average molecular weight is 329 g/mol. The molecule has 2 atom stereocenters. The smallest absolute Gasteiger partial charge is 0.251 e. The third kappa shape index (κ3) is 3.61. The monoisotopic (exact) mass is 329 g/mol. The molecule has 130 valence electrons.